The molecule has 0 bridgehead atoms. The maximum Gasteiger partial charge on any atom is 0.255 e. The SMILES string of the molecule is CCCN(CCC)c1cc(C(=O)Nc2ccc(OC)c(Cl)c2)ccn1. The molecule has 2 rings (SSSR count). The molecule has 0 aliphatic carbocycles. The quantitative estimate of drug-likeness (QED) is 0.745. The van der Waals surface area contributed by atoms with Crippen LogP contribution in [-0.4, -0.2) is 31.1 Å². The van der Waals surface area contributed by atoms with Gasteiger partial charge >= 0.3 is 0 Å². The summed E-state index contributed by atoms with van der Waals surface area (Å²) in [5.74, 6) is 1.20. The second-order valence-corrected chi connectivity index (χ2v) is 6.10. The highest BCUT2D eigenvalue weighted by Gasteiger charge is 2.12. The molecular weight excluding hydrogens is 338 g/mol. The van der Waals surface area contributed by atoms with Gasteiger partial charge in [0.2, 0.25) is 0 Å². The predicted molar refractivity (Wildman–Crippen MR) is 103 cm³/mol. The molecule has 1 aromatic heterocycles. The fourth-order valence-corrected chi connectivity index (χ4v) is 2.82. The lowest BCUT2D eigenvalue weighted by molar-refractivity contribution is 0.102. The summed E-state index contributed by atoms with van der Waals surface area (Å²) >= 11 is 6.10. The Hall–Kier alpha value is -2.27. The van der Waals surface area contributed by atoms with Crippen LogP contribution in [-0.2, 0) is 0 Å². The average Bonchev–Trinajstić information content (AvgIpc) is 2.62. The summed E-state index contributed by atoms with van der Waals surface area (Å²) in [5.41, 5.74) is 1.18. The highest BCUT2D eigenvalue weighted by molar-refractivity contribution is 6.32. The topological polar surface area (TPSA) is 54.5 Å². The highest BCUT2D eigenvalue weighted by Crippen LogP contribution is 2.27. The van der Waals surface area contributed by atoms with E-state index in [9.17, 15) is 4.79 Å². The van der Waals surface area contributed by atoms with Crippen LogP contribution in [0.25, 0.3) is 0 Å². The number of halogens is 1. The van der Waals surface area contributed by atoms with Crippen molar-refractivity contribution >= 4 is 29.0 Å². The van der Waals surface area contributed by atoms with Crippen LogP contribution in [0.1, 0.15) is 37.0 Å². The first-order valence-corrected chi connectivity index (χ1v) is 8.82. The molecule has 134 valence electrons. The van der Waals surface area contributed by atoms with Crippen molar-refractivity contribution in [3.63, 3.8) is 0 Å². The molecule has 2 aromatic rings. The number of benzene rings is 1. The molecule has 1 aromatic carbocycles. The standard InChI is InChI=1S/C19H24ClN3O2/c1-4-10-23(11-5-2)18-12-14(8-9-21-18)19(24)22-15-6-7-17(25-3)16(20)13-15/h6-9,12-13H,4-5,10-11H2,1-3H3,(H,22,24). The number of carbonyl (C=O) groups is 1. The van der Waals surface area contributed by atoms with Crippen molar-refractivity contribution in [1.82, 2.24) is 4.98 Å². The molecule has 1 heterocycles. The Balaban J connectivity index is 2.16. The number of methoxy groups -OCH3 is 1. The smallest absolute Gasteiger partial charge is 0.255 e. The van der Waals surface area contributed by atoms with Crippen LogP contribution < -0.4 is 15.0 Å². The molecular formula is C19H24ClN3O2. The van der Waals surface area contributed by atoms with E-state index in [2.05, 4.69) is 29.0 Å². The summed E-state index contributed by atoms with van der Waals surface area (Å²) in [5, 5.41) is 3.31. The van der Waals surface area contributed by atoms with Gasteiger partial charge in [0.15, 0.2) is 0 Å². The molecule has 0 aliphatic rings. The van der Waals surface area contributed by atoms with Gasteiger partial charge in [0.05, 0.1) is 12.1 Å². The van der Waals surface area contributed by atoms with Gasteiger partial charge in [-0.15, -0.1) is 0 Å². The Morgan fingerprint density at radius 1 is 1.20 bits per heavy atom. The lowest BCUT2D eigenvalue weighted by Crippen LogP contribution is -2.26. The molecule has 0 atom stereocenters. The molecule has 0 unspecified atom stereocenters. The van der Waals surface area contributed by atoms with Gasteiger partial charge < -0.3 is 15.0 Å². The van der Waals surface area contributed by atoms with Crippen molar-refractivity contribution in [2.24, 2.45) is 0 Å². The van der Waals surface area contributed by atoms with E-state index in [4.69, 9.17) is 16.3 Å². The van der Waals surface area contributed by atoms with E-state index in [0.29, 0.717) is 22.0 Å². The minimum Gasteiger partial charge on any atom is -0.495 e. The summed E-state index contributed by atoms with van der Waals surface area (Å²) in [7, 11) is 1.55. The molecule has 0 saturated heterocycles. The summed E-state index contributed by atoms with van der Waals surface area (Å²) in [6.07, 6.45) is 3.73. The van der Waals surface area contributed by atoms with Crippen molar-refractivity contribution in [1.29, 1.82) is 0 Å². The summed E-state index contributed by atoms with van der Waals surface area (Å²) in [6.45, 7) is 6.10. The number of anilines is 2. The van der Waals surface area contributed by atoms with E-state index in [-0.39, 0.29) is 5.91 Å². The fourth-order valence-electron chi connectivity index (χ4n) is 2.56. The first-order valence-electron chi connectivity index (χ1n) is 8.44. The number of aromatic nitrogens is 1. The molecule has 0 spiro atoms. The lowest BCUT2D eigenvalue weighted by Gasteiger charge is -2.22. The highest BCUT2D eigenvalue weighted by atomic mass is 35.5. The molecule has 25 heavy (non-hydrogen) atoms. The summed E-state index contributed by atoms with van der Waals surface area (Å²) in [6, 6.07) is 8.68. The van der Waals surface area contributed by atoms with Crippen LogP contribution in [0.3, 0.4) is 0 Å². The number of nitrogens with one attached hydrogen (secondary N) is 1. The average molecular weight is 362 g/mol. The molecule has 0 aliphatic heterocycles. The Morgan fingerprint density at radius 3 is 2.52 bits per heavy atom. The van der Waals surface area contributed by atoms with E-state index >= 15 is 0 Å². The molecule has 6 heteroatoms. The van der Waals surface area contributed by atoms with Crippen LogP contribution in [0.2, 0.25) is 5.02 Å². The number of nitrogens with zero attached hydrogens (tertiary/aromatic N) is 2. The van der Waals surface area contributed by atoms with Gasteiger partial charge in [-0.05, 0) is 43.2 Å². The Labute approximate surface area is 154 Å². The molecule has 0 saturated carbocycles. The number of hydrogen-bond acceptors (Lipinski definition) is 4. The number of carbonyl (C=O) groups excluding carboxylic acids is 1. The van der Waals surface area contributed by atoms with E-state index in [1.54, 1.807) is 37.6 Å². The number of pyridine rings is 1. The van der Waals surface area contributed by atoms with Gasteiger partial charge in [-0.1, -0.05) is 25.4 Å². The third kappa shape index (κ3) is 5.10. The zero-order chi connectivity index (χ0) is 18.2. The normalized spacial score (nSPS) is 10.4. The van der Waals surface area contributed by atoms with E-state index < -0.39 is 0 Å². The molecule has 1 amide bonds. The van der Waals surface area contributed by atoms with Crippen LogP contribution in [0.5, 0.6) is 5.75 Å². The number of amides is 1. The maximum atomic E-state index is 12.5. The van der Waals surface area contributed by atoms with Gasteiger partial charge in [-0.25, -0.2) is 4.98 Å². The monoisotopic (exact) mass is 361 g/mol. The number of hydrogen-bond donors (Lipinski definition) is 1. The van der Waals surface area contributed by atoms with Crippen molar-refractivity contribution < 1.29 is 9.53 Å². The minimum atomic E-state index is -0.196. The van der Waals surface area contributed by atoms with Gasteiger partial charge in [0.25, 0.3) is 5.91 Å². The zero-order valence-electron chi connectivity index (χ0n) is 14.9. The molecule has 0 fully saturated rings. The first-order chi connectivity index (χ1) is 12.1. The molecule has 0 radical (unpaired) electrons. The molecule has 5 nitrogen and oxygen atoms in total. The van der Waals surface area contributed by atoms with Crippen LogP contribution >= 0.6 is 11.6 Å². The Morgan fingerprint density at radius 2 is 1.92 bits per heavy atom. The van der Waals surface area contributed by atoms with Gasteiger partial charge in [-0.3, -0.25) is 4.79 Å². The molecule has 1 N–H and O–H groups in total. The second kappa shape index (κ2) is 9.28. The van der Waals surface area contributed by atoms with Crippen LogP contribution in [0.4, 0.5) is 11.5 Å². The Kier molecular flexibility index (Phi) is 7.07. The predicted octanol–water partition coefficient (Wildman–Crippen LogP) is 4.62. The van der Waals surface area contributed by atoms with E-state index in [0.717, 1.165) is 31.7 Å². The fraction of sp³-hybridized carbons (Fsp3) is 0.368. The third-order valence-electron chi connectivity index (χ3n) is 3.73. The van der Waals surface area contributed by atoms with Crippen LogP contribution in [0.15, 0.2) is 36.5 Å². The van der Waals surface area contributed by atoms with Crippen molar-refractivity contribution in [2.45, 2.75) is 26.7 Å². The third-order valence-corrected chi connectivity index (χ3v) is 4.02. The first kappa shape index (κ1) is 19.1. The maximum absolute atomic E-state index is 12.5. The van der Waals surface area contributed by atoms with Crippen molar-refractivity contribution in [3.8, 4) is 5.75 Å². The van der Waals surface area contributed by atoms with Gasteiger partial charge in [0, 0.05) is 30.5 Å². The summed E-state index contributed by atoms with van der Waals surface area (Å²) < 4.78 is 5.12. The van der Waals surface area contributed by atoms with Crippen molar-refractivity contribution in [3.05, 3.63) is 47.1 Å². The van der Waals surface area contributed by atoms with Crippen LogP contribution in [0, 0.1) is 0 Å². The Bertz CT molecular complexity index is 716. The summed E-state index contributed by atoms with van der Waals surface area (Å²) in [4.78, 5) is 19.1. The van der Waals surface area contributed by atoms with E-state index in [1.807, 2.05) is 6.07 Å². The zero-order valence-corrected chi connectivity index (χ0v) is 15.6. The second-order valence-electron chi connectivity index (χ2n) is 5.69. The number of ether oxygens (including phenoxy) is 1. The van der Waals surface area contributed by atoms with E-state index in [1.165, 1.54) is 0 Å². The lowest BCUT2D eigenvalue weighted by atomic mass is 10.2. The van der Waals surface area contributed by atoms with Gasteiger partial charge in [-0.2, -0.15) is 0 Å². The van der Waals surface area contributed by atoms with Gasteiger partial charge in [0.1, 0.15) is 11.6 Å². The largest absolute Gasteiger partial charge is 0.495 e. The van der Waals surface area contributed by atoms with Crippen molar-refractivity contribution in [2.75, 3.05) is 30.4 Å². The minimum absolute atomic E-state index is 0.196. The number of rotatable bonds is 8.